The number of hydrogen-bond acceptors (Lipinski definition) is 4. The van der Waals surface area contributed by atoms with Crippen LogP contribution in [0.2, 0.25) is 0 Å². The Bertz CT molecular complexity index is 624. The molecule has 0 aromatic heterocycles. The first kappa shape index (κ1) is 14.7. The molecule has 0 aliphatic carbocycles. The zero-order valence-corrected chi connectivity index (χ0v) is 12.1. The summed E-state index contributed by atoms with van der Waals surface area (Å²) in [6.45, 7) is 2.45. The molecule has 0 aliphatic heterocycles. The molecular formula is C16H18N2O3. The van der Waals surface area contributed by atoms with Gasteiger partial charge in [-0.15, -0.1) is 0 Å². The van der Waals surface area contributed by atoms with Crippen LogP contribution in [-0.4, -0.2) is 19.6 Å². The summed E-state index contributed by atoms with van der Waals surface area (Å²) < 4.78 is 10.7. The molecule has 0 atom stereocenters. The van der Waals surface area contributed by atoms with Crippen molar-refractivity contribution in [1.82, 2.24) is 0 Å². The number of nitrogens with two attached hydrogens (primary N) is 1. The number of rotatable bonds is 5. The van der Waals surface area contributed by atoms with Gasteiger partial charge in [-0.1, -0.05) is 0 Å². The maximum Gasteiger partial charge on any atom is 0.255 e. The van der Waals surface area contributed by atoms with Gasteiger partial charge in [-0.3, -0.25) is 4.79 Å². The summed E-state index contributed by atoms with van der Waals surface area (Å²) in [5.41, 5.74) is 7.40. The van der Waals surface area contributed by atoms with Crippen LogP contribution in [0.5, 0.6) is 11.5 Å². The lowest BCUT2D eigenvalue weighted by Gasteiger charge is -2.11. The molecule has 110 valence electrons. The van der Waals surface area contributed by atoms with Crippen LogP contribution in [0.3, 0.4) is 0 Å². The fourth-order valence-electron chi connectivity index (χ4n) is 1.86. The quantitative estimate of drug-likeness (QED) is 0.829. The number of carbonyl (C=O) groups is 1. The number of anilines is 2. The lowest BCUT2D eigenvalue weighted by Crippen LogP contribution is -2.12. The van der Waals surface area contributed by atoms with Crippen LogP contribution in [0.25, 0.3) is 0 Å². The smallest absolute Gasteiger partial charge is 0.255 e. The highest BCUT2D eigenvalue weighted by molar-refractivity contribution is 6.04. The lowest BCUT2D eigenvalue weighted by atomic mass is 10.2. The van der Waals surface area contributed by atoms with Crippen molar-refractivity contribution in [2.24, 2.45) is 0 Å². The molecule has 0 saturated heterocycles. The standard InChI is InChI=1S/C16H18N2O3/c1-3-21-14-9-8-13(10-15(14)20-2)18-16(19)11-4-6-12(17)7-5-11/h4-10H,3,17H2,1-2H3,(H,18,19). The third kappa shape index (κ3) is 3.66. The Morgan fingerprint density at radius 2 is 1.86 bits per heavy atom. The van der Waals surface area contributed by atoms with Crippen molar-refractivity contribution in [2.75, 3.05) is 24.8 Å². The molecule has 1 amide bonds. The minimum absolute atomic E-state index is 0.207. The monoisotopic (exact) mass is 286 g/mol. The molecule has 3 N–H and O–H groups in total. The van der Waals surface area contributed by atoms with Crippen molar-refractivity contribution < 1.29 is 14.3 Å². The molecule has 2 aromatic rings. The summed E-state index contributed by atoms with van der Waals surface area (Å²) in [5.74, 6) is 1.01. The third-order valence-corrected chi connectivity index (χ3v) is 2.89. The predicted molar refractivity (Wildman–Crippen MR) is 83.0 cm³/mol. The number of benzene rings is 2. The molecule has 0 bridgehead atoms. The van der Waals surface area contributed by atoms with Crippen LogP contribution in [0.4, 0.5) is 11.4 Å². The number of methoxy groups -OCH3 is 1. The van der Waals surface area contributed by atoms with Crippen molar-refractivity contribution in [3.05, 3.63) is 48.0 Å². The lowest BCUT2D eigenvalue weighted by molar-refractivity contribution is 0.102. The molecular weight excluding hydrogens is 268 g/mol. The average Bonchev–Trinajstić information content (AvgIpc) is 2.49. The number of nitrogen functional groups attached to an aromatic ring is 1. The van der Waals surface area contributed by atoms with E-state index < -0.39 is 0 Å². The molecule has 0 fully saturated rings. The molecule has 0 radical (unpaired) electrons. The molecule has 5 nitrogen and oxygen atoms in total. The van der Waals surface area contributed by atoms with Gasteiger partial charge in [-0.2, -0.15) is 0 Å². The van der Waals surface area contributed by atoms with E-state index in [0.29, 0.717) is 35.0 Å². The van der Waals surface area contributed by atoms with E-state index in [9.17, 15) is 4.79 Å². The highest BCUT2D eigenvalue weighted by Gasteiger charge is 2.09. The van der Waals surface area contributed by atoms with Gasteiger partial charge in [-0.05, 0) is 43.3 Å². The molecule has 0 unspecified atom stereocenters. The number of nitrogens with one attached hydrogen (secondary N) is 1. The predicted octanol–water partition coefficient (Wildman–Crippen LogP) is 2.93. The number of amides is 1. The largest absolute Gasteiger partial charge is 0.493 e. The molecule has 0 heterocycles. The van der Waals surface area contributed by atoms with Crippen molar-refractivity contribution in [3.8, 4) is 11.5 Å². The van der Waals surface area contributed by atoms with Gasteiger partial charge in [0.1, 0.15) is 0 Å². The van der Waals surface area contributed by atoms with E-state index in [1.807, 2.05) is 6.92 Å². The highest BCUT2D eigenvalue weighted by Crippen LogP contribution is 2.30. The Balaban J connectivity index is 2.15. The van der Waals surface area contributed by atoms with Crippen LogP contribution >= 0.6 is 0 Å². The Morgan fingerprint density at radius 3 is 2.48 bits per heavy atom. The Kier molecular flexibility index (Phi) is 4.66. The second-order valence-corrected chi connectivity index (χ2v) is 4.37. The van der Waals surface area contributed by atoms with Crippen molar-refractivity contribution in [2.45, 2.75) is 6.92 Å². The van der Waals surface area contributed by atoms with E-state index in [1.165, 1.54) is 0 Å². The SMILES string of the molecule is CCOc1ccc(NC(=O)c2ccc(N)cc2)cc1OC. The van der Waals surface area contributed by atoms with Crippen molar-refractivity contribution in [3.63, 3.8) is 0 Å². The second-order valence-electron chi connectivity index (χ2n) is 4.37. The fourth-order valence-corrected chi connectivity index (χ4v) is 1.86. The van der Waals surface area contributed by atoms with Gasteiger partial charge in [0.05, 0.1) is 13.7 Å². The molecule has 21 heavy (non-hydrogen) atoms. The van der Waals surface area contributed by atoms with Crippen molar-refractivity contribution in [1.29, 1.82) is 0 Å². The van der Waals surface area contributed by atoms with E-state index in [4.69, 9.17) is 15.2 Å². The molecule has 0 spiro atoms. The number of carbonyl (C=O) groups excluding carboxylic acids is 1. The molecule has 2 aromatic carbocycles. The van der Waals surface area contributed by atoms with Gasteiger partial charge in [0, 0.05) is 23.0 Å². The summed E-state index contributed by atoms with van der Waals surface area (Å²) >= 11 is 0. The Morgan fingerprint density at radius 1 is 1.14 bits per heavy atom. The summed E-state index contributed by atoms with van der Waals surface area (Å²) in [7, 11) is 1.56. The summed E-state index contributed by atoms with van der Waals surface area (Å²) in [6.07, 6.45) is 0. The van der Waals surface area contributed by atoms with E-state index in [0.717, 1.165) is 0 Å². The topological polar surface area (TPSA) is 73.6 Å². The van der Waals surface area contributed by atoms with Gasteiger partial charge in [0.2, 0.25) is 0 Å². The Labute approximate surface area is 123 Å². The minimum Gasteiger partial charge on any atom is -0.493 e. The molecule has 5 heteroatoms. The van der Waals surface area contributed by atoms with E-state index in [-0.39, 0.29) is 5.91 Å². The normalized spacial score (nSPS) is 10.0. The fraction of sp³-hybridized carbons (Fsp3) is 0.188. The first-order chi connectivity index (χ1) is 10.1. The summed E-state index contributed by atoms with van der Waals surface area (Å²) in [4.78, 5) is 12.1. The zero-order chi connectivity index (χ0) is 15.2. The van der Waals surface area contributed by atoms with Gasteiger partial charge in [0.15, 0.2) is 11.5 Å². The zero-order valence-electron chi connectivity index (χ0n) is 12.1. The maximum atomic E-state index is 12.1. The van der Waals surface area contributed by atoms with Gasteiger partial charge >= 0.3 is 0 Å². The summed E-state index contributed by atoms with van der Waals surface area (Å²) in [6, 6.07) is 12.0. The minimum atomic E-state index is -0.207. The second kappa shape index (κ2) is 6.65. The highest BCUT2D eigenvalue weighted by atomic mass is 16.5. The van der Waals surface area contributed by atoms with Gasteiger partial charge < -0.3 is 20.5 Å². The van der Waals surface area contributed by atoms with E-state index in [2.05, 4.69) is 5.32 Å². The Hall–Kier alpha value is -2.69. The number of ether oxygens (including phenoxy) is 2. The van der Waals surface area contributed by atoms with Crippen LogP contribution in [-0.2, 0) is 0 Å². The molecule has 2 rings (SSSR count). The molecule has 0 saturated carbocycles. The first-order valence-corrected chi connectivity index (χ1v) is 6.61. The van der Waals surface area contributed by atoms with Crippen molar-refractivity contribution >= 4 is 17.3 Å². The third-order valence-electron chi connectivity index (χ3n) is 2.89. The van der Waals surface area contributed by atoms with Crippen LogP contribution in [0, 0.1) is 0 Å². The average molecular weight is 286 g/mol. The summed E-state index contributed by atoms with van der Waals surface area (Å²) in [5, 5.41) is 2.81. The van der Waals surface area contributed by atoms with Crippen LogP contribution in [0.15, 0.2) is 42.5 Å². The maximum absolute atomic E-state index is 12.1. The van der Waals surface area contributed by atoms with Gasteiger partial charge in [-0.25, -0.2) is 0 Å². The van der Waals surface area contributed by atoms with E-state index >= 15 is 0 Å². The van der Waals surface area contributed by atoms with Gasteiger partial charge in [0.25, 0.3) is 5.91 Å². The first-order valence-electron chi connectivity index (χ1n) is 6.61. The van der Waals surface area contributed by atoms with Crippen LogP contribution < -0.4 is 20.5 Å². The molecule has 0 aliphatic rings. The van der Waals surface area contributed by atoms with Crippen LogP contribution in [0.1, 0.15) is 17.3 Å². The number of hydrogen-bond donors (Lipinski definition) is 2. The van der Waals surface area contributed by atoms with E-state index in [1.54, 1.807) is 49.6 Å².